The lowest BCUT2D eigenvalue weighted by Gasteiger charge is -2.12. The summed E-state index contributed by atoms with van der Waals surface area (Å²) in [4.78, 5) is 19.9. The molecule has 0 unspecified atom stereocenters. The largest absolute Gasteiger partial charge is 0.467 e. The van der Waals surface area contributed by atoms with Gasteiger partial charge in [-0.2, -0.15) is 0 Å². The summed E-state index contributed by atoms with van der Waals surface area (Å²) in [6, 6.07) is 6.25. The molecule has 0 spiro atoms. The summed E-state index contributed by atoms with van der Waals surface area (Å²) in [7, 11) is 1.54. The van der Waals surface area contributed by atoms with E-state index in [1.54, 1.807) is 19.5 Å². The van der Waals surface area contributed by atoms with Crippen LogP contribution in [0.5, 0.6) is 6.01 Å². The molecular formula is C15H15N3O2. The van der Waals surface area contributed by atoms with Crippen molar-refractivity contribution in [2.24, 2.45) is 0 Å². The van der Waals surface area contributed by atoms with Crippen LogP contribution >= 0.6 is 0 Å². The fraction of sp³-hybridized carbons (Fsp3) is 0.267. The Labute approximate surface area is 117 Å². The van der Waals surface area contributed by atoms with Crippen LogP contribution in [0.15, 0.2) is 30.6 Å². The molecular weight excluding hydrogens is 254 g/mol. The first-order valence-electron chi connectivity index (χ1n) is 6.56. The smallest absolute Gasteiger partial charge is 0.316 e. The van der Waals surface area contributed by atoms with Crippen molar-refractivity contribution in [3.05, 3.63) is 36.2 Å². The molecule has 3 rings (SSSR count). The van der Waals surface area contributed by atoms with Crippen LogP contribution in [0.3, 0.4) is 0 Å². The molecule has 0 aliphatic carbocycles. The fourth-order valence-electron chi connectivity index (χ4n) is 2.44. The summed E-state index contributed by atoms with van der Waals surface area (Å²) < 4.78 is 4.97. The van der Waals surface area contributed by atoms with Crippen molar-refractivity contribution in [2.45, 2.75) is 19.3 Å². The first kappa shape index (κ1) is 12.6. The van der Waals surface area contributed by atoms with Crippen LogP contribution in [0.4, 0.5) is 5.69 Å². The summed E-state index contributed by atoms with van der Waals surface area (Å²) in [5.74, 6) is 0.0758. The highest BCUT2D eigenvalue weighted by molar-refractivity contribution is 5.93. The summed E-state index contributed by atoms with van der Waals surface area (Å²) in [6.07, 6.45) is 5.78. The minimum absolute atomic E-state index is 0.0758. The molecule has 1 N–H and O–H groups in total. The van der Waals surface area contributed by atoms with Gasteiger partial charge in [-0.15, -0.1) is 0 Å². The molecule has 1 aromatic carbocycles. The Morgan fingerprint density at radius 1 is 1.20 bits per heavy atom. The van der Waals surface area contributed by atoms with Gasteiger partial charge in [-0.1, -0.05) is 12.1 Å². The third-order valence-corrected chi connectivity index (χ3v) is 3.40. The number of benzene rings is 1. The molecule has 0 bridgehead atoms. The lowest BCUT2D eigenvalue weighted by molar-refractivity contribution is -0.116. The number of rotatable bonds is 2. The zero-order chi connectivity index (χ0) is 13.9. The Hall–Kier alpha value is -2.43. The van der Waals surface area contributed by atoms with E-state index in [-0.39, 0.29) is 5.91 Å². The van der Waals surface area contributed by atoms with Crippen molar-refractivity contribution in [1.29, 1.82) is 0 Å². The molecule has 2 aromatic rings. The number of carbonyl (C=O) groups excluding carboxylic acids is 1. The van der Waals surface area contributed by atoms with Crippen molar-refractivity contribution < 1.29 is 9.53 Å². The van der Waals surface area contributed by atoms with Crippen molar-refractivity contribution >= 4 is 11.6 Å². The number of nitrogens with zero attached hydrogens (tertiary/aromatic N) is 2. The van der Waals surface area contributed by atoms with Gasteiger partial charge in [0, 0.05) is 30.1 Å². The minimum Gasteiger partial charge on any atom is -0.467 e. The van der Waals surface area contributed by atoms with Crippen LogP contribution in [0.2, 0.25) is 0 Å². The molecule has 0 saturated carbocycles. The maximum absolute atomic E-state index is 11.6. The SMILES string of the molecule is COc1ncc(-c2cccc3c2CCCC(=O)N3)cn1. The topological polar surface area (TPSA) is 64.1 Å². The second-order valence-electron chi connectivity index (χ2n) is 4.69. The first-order chi connectivity index (χ1) is 9.78. The number of carbonyl (C=O) groups is 1. The number of fused-ring (bicyclic) bond motifs is 1. The molecule has 0 radical (unpaired) electrons. The van der Waals surface area contributed by atoms with E-state index >= 15 is 0 Å². The average molecular weight is 269 g/mol. The number of aromatic nitrogens is 2. The van der Waals surface area contributed by atoms with E-state index in [0.29, 0.717) is 12.4 Å². The maximum Gasteiger partial charge on any atom is 0.316 e. The quantitative estimate of drug-likeness (QED) is 0.909. The highest BCUT2D eigenvalue weighted by Gasteiger charge is 2.16. The van der Waals surface area contributed by atoms with Crippen LogP contribution < -0.4 is 10.1 Å². The Morgan fingerprint density at radius 2 is 2.00 bits per heavy atom. The van der Waals surface area contributed by atoms with Gasteiger partial charge in [-0.05, 0) is 30.0 Å². The zero-order valence-electron chi connectivity index (χ0n) is 11.2. The number of ether oxygens (including phenoxy) is 1. The average Bonchev–Trinajstić information content (AvgIpc) is 2.67. The van der Waals surface area contributed by atoms with E-state index in [1.165, 1.54) is 0 Å². The molecule has 20 heavy (non-hydrogen) atoms. The van der Waals surface area contributed by atoms with E-state index in [0.717, 1.165) is 35.2 Å². The van der Waals surface area contributed by atoms with Gasteiger partial charge in [-0.3, -0.25) is 4.79 Å². The second-order valence-corrected chi connectivity index (χ2v) is 4.69. The van der Waals surface area contributed by atoms with E-state index in [1.807, 2.05) is 18.2 Å². The summed E-state index contributed by atoms with van der Waals surface area (Å²) in [5, 5.41) is 2.95. The molecule has 0 fully saturated rings. The van der Waals surface area contributed by atoms with Crippen LogP contribution in [-0.2, 0) is 11.2 Å². The highest BCUT2D eigenvalue weighted by Crippen LogP contribution is 2.32. The van der Waals surface area contributed by atoms with E-state index < -0.39 is 0 Å². The Morgan fingerprint density at radius 3 is 2.75 bits per heavy atom. The lowest BCUT2D eigenvalue weighted by atomic mass is 9.97. The summed E-state index contributed by atoms with van der Waals surface area (Å²) in [5.41, 5.74) is 4.03. The van der Waals surface area contributed by atoms with Crippen molar-refractivity contribution in [2.75, 3.05) is 12.4 Å². The molecule has 1 aliphatic heterocycles. The molecule has 1 aliphatic rings. The molecule has 0 saturated heterocycles. The second kappa shape index (κ2) is 5.28. The molecule has 0 atom stereocenters. The van der Waals surface area contributed by atoms with Crippen LogP contribution in [0, 0.1) is 0 Å². The Kier molecular flexibility index (Phi) is 3.33. The first-order valence-corrected chi connectivity index (χ1v) is 6.56. The number of hydrogen-bond acceptors (Lipinski definition) is 4. The predicted octanol–water partition coefficient (Wildman–Crippen LogP) is 2.43. The van der Waals surface area contributed by atoms with Crippen molar-refractivity contribution in [3.63, 3.8) is 0 Å². The maximum atomic E-state index is 11.6. The summed E-state index contributed by atoms with van der Waals surface area (Å²) in [6.45, 7) is 0. The molecule has 5 nitrogen and oxygen atoms in total. The van der Waals surface area contributed by atoms with Gasteiger partial charge < -0.3 is 10.1 Å². The molecule has 102 valence electrons. The monoisotopic (exact) mass is 269 g/mol. The van der Waals surface area contributed by atoms with E-state index in [9.17, 15) is 4.79 Å². The number of amides is 1. The van der Waals surface area contributed by atoms with Gasteiger partial charge in [0.25, 0.3) is 0 Å². The van der Waals surface area contributed by atoms with Gasteiger partial charge in [0.2, 0.25) is 5.91 Å². The normalized spacial score (nSPS) is 14.2. The van der Waals surface area contributed by atoms with E-state index in [4.69, 9.17) is 4.74 Å². The highest BCUT2D eigenvalue weighted by atomic mass is 16.5. The number of nitrogens with one attached hydrogen (secondary N) is 1. The van der Waals surface area contributed by atoms with Crippen molar-refractivity contribution in [1.82, 2.24) is 9.97 Å². The van der Waals surface area contributed by atoms with Crippen LogP contribution in [0.1, 0.15) is 18.4 Å². The zero-order valence-corrected chi connectivity index (χ0v) is 11.2. The Bertz CT molecular complexity index is 638. The number of hydrogen-bond donors (Lipinski definition) is 1. The Balaban J connectivity index is 2.05. The summed E-state index contributed by atoms with van der Waals surface area (Å²) >= 11 is 0. The minimum atomic E-state index is 0.0758. The van der Waals surface area contributed by atoms with Gasteiger partial charge in [0.15, 0.2) is 0 Å². The van der Waals surface area contributed by atoms with Crippen LogP contribution in [0.25, 0.3) is 11.1 Å². The van der Waals surface area contributed by atoms with Gasteiger partial charge in [-0.25, -0.2) is 9.97 Å². The fourth-order valence-corrected chi connectivity index (χ4v) is 2.44. The van der Waals surface area contributed by atoms with Crippen LogP contribution in [-0.4, -0.2) is 23.0 Å². The number of methoxy groups -OCH3 is 1. The molecule has 1 amide bonds. The van der Waals surface area contributed by atoms with Gasteiger partial charge in [0.1, 0.15) is 0 Å². The van der Waals surface area contributed by atoms with E-state index in [2.05, 4.69) is 15.3 Å². The standard InChI is InChI=1S/C15H15N3O2/c1-20-15-16-8-10(9-17-15)11-4-2-6-13-12(11)5-3-7-14(19)18-13/h2,4,6,8-9H,3,5,7H2,1H3,(H,18,19). The molecule has 1 aromatic heterocycles. The third-order valence-electron chi connectivity index (χ3n) is 3.40. The third kappa shape index (κ3) is 2.34. The molecule has 2 heterocycles. The number of anilines is 1. The van der Waals surface area contributed by atoms with Gasteiger partial charge in [0.05, 0.1) is 7.11 Å². The predicted molar refractivity (Wildman–Crippen MR) is 75.6 cm³/mol. The van der Waals surface area contributed by atoms with Gasteiger partial charge >= 0.3 is 6.01 Å². The molecule has 5 heteroatoms. The lowest BCUT2D eigenvalue weighted by Crippen LogP contribution is -2.09. The van der Waals surface area contributed by atoms with Crippen molar-refractivity contribution in [3.8, 4) is 17.1 Å².